The summed E-state index contributed by atoms with van der Waals surface area (Å²) in [4.78, 5) is 18.8. The minimum absolute atomic E-state index is 0.0589. The van der Waals surface area contributed by atoms with E-state index in [-0.39, 0.29) is 11.4 Å². The van der Waals surface area contributed by atoms with E-state index in [4.69, 9.17) is 26.5 Å². The number of thioether (sulfide) groups is 1. The highest BCUT2D eigenvalue weighted by molar-refractivity contribution is 8.17. The summed E-state index contributed by atoms with van der Waals surface area (Å²) in [6.07, 6.45) is 1.62. The molecular formula is C28H22ClN3O3S. The molecule has 180 valence electrons. The topological polar surface area (TPSA) is 75.0 Å². The predicted octanol–water partition coefficient (Wildman–Crippen LogP) is 6.62. The van der Waals surface area contributed by atoms with Gasteiger partial charge in [-0.25, -0.2) is 0 Å². The lowest BCUT2D eigenvalue weighted by Gasteiger charge is -2.27. The average molecular weight is 516 g/mol. The van der Waals surface area contributed by atoms with E-state index in [0.717, 1.165) is 16.8 Å². The number of ether oxygens (including phenoxy) is 2. The van der Waals surface area contributed by atoms with Gasteiger partial charge in [0.15, 0.2) is 16.7 Å². The summed E-state index contributed by atoms with van der Waals surface area (Å²) in [7, 11) is 0. The van der Waals surface area contributed by atoms with Crippen LogP contribution in [0.15, 0.2) is 88.8 Å². The number of benzene rings is 3. The molecule has 0 saturated heterocycles. The number of fused-ring (bicyclic) bond motifs is 1. The van der Waals surface area contributed by atoms with Crippen LogP contribution in [0.1, 0.15) is 23.6 Å². The highest BCUT2D eigenvalue weighted by Gasteiger charge is 2.36. The van der Waals surface area contributed by atoms with Gasteiger partial charge in [0, 0.05) is 5.41 Å². The zero-order chi connectivity index (χ0) is 25.1. The molecule has 2 aliphatic heterocycles. The fourth-order valence-electron chi connectivity index (χ4n) is 3.89. The molecule has 0 atom stereocenters. The molecule has 36 heavy (non-hydrogen) atoms. The van der Waals surface area contributed by atoms with Crippen LogP contribution in [0.3, 0.4) is 0 Å². The monoisotopic (exact) mass is 515 g/mol. The number of carbonyl (C=O) groups excluding carboxylic acids is 1. The lowest BCUT2D eigenvalue weighted by molar-refractivity contribution is -0.114. The number of aliphatic imine (C=N–C) groups is 1. The van der Waals surface area contributed by atoms with Gasteiger partial charge in [-0.1, -0.05) is 84.0 Å². The first kappa shape index (κ1) is 23.9. The van der Waals surface area contributed by atoms with Crippen molar-refractivity contribution >= 4 is 52.0 Å². The Hall–Kier alpha value is -3.81. The van der Waals surface area contributed by atoms with Crippen molar-refractivity contribution in [3.8, 4) is 11.5 Å². The van der Waals surface area contributed by atoms with Crippen molar-refractivity contribution in [3.05, 3.63) is 105 Å². The molecule has 6 nitrogen and oxygen atoms in total. The van der Waals surface area contributed by atoms with E-state index < -0.39 is 5.91 Å². The molecule has 0 fully saturated rings. The third kappa shape index (κ3) is 4.80. The largest absolute Gasteiger partial charge is 0.490 e. The minimum atomic E-state index is -0.472. The Bertz CT molecular complexity index is 1420. The van der Waals surface area contributed by atoms with E-state index in [0.29, 0.717) is 40.5 Å². The van der Waals surface area contributed by atoms with Crippen LogP contribution >= 0.6 is 23.4 Å². The van der Waals surface area contributed by atoms with Crippen LogP contribution < -0.4 is 9.47 Å². The molecular weight excluding hydrogens is 494 g/mol. The first-order chi connectivity index (χ1) is 17.5. The summed E-state index contributed by atoms with van der Waals surface area (Å²) < 4.78 is 11.8. The summed E-state index contributed by atoms with van der Waals surface area (Å²) in [5.74, 6) is 0.483. The maximum absolute atomic E-state index is 12.9. The fourth-order valence-corrected chi connectivity index (χ4v) is 5.05. The van der Waals surface area contributed by atoms with Crippen LogP contribution in [0.25, 0.3) is 11.8 Å². The summed E-state index contributed by atoms with van der Waals surface area (Å²) in [6.45, 7) is 2.62. The van der Waals surface area contributed by atoms with Crippen molar-refractivity contribution in [2.45, 2.75) is 13.5 Å². The van der Waals surface area contributed by atoms with E-state index in [1.54, 1.807) is 23.1 Å². The van der Waals surface area contributed by atoms with E-state index in [2.05, 4.69) is 4.99 Å². The molecule has 1 amide bonds. The summed E-state index contributed by atoms with van der Waals surface area (Å²) >= 11 is 7.93. The smallest absolute Gasteiger partial charge is 0.283 e. The molecule has 1 N–H and O–H groups in total. The van der Waals surface area contributed by atoms with Crippen molar-refractivity contribution < 1.29 is 14.3 Å². The van der Waals surface area contributed by atoms with Gasteiger partial charge < -0.3 is 9.47 Å². The molecule has 0 spiro atoms. The molecule has 0 radical (unpaired) electrons. The molecule has 0 aromatic heterocycles. The maximum atomic E-state index is 12.9. The van der Waals surface area contributed by atoms with Gasteiger partial charge in [0.05, 0.1) is 22.9 Å². The number of rotatable bonds is 7. The molecule has 0 saturated carbocycles. The normalized spacial score (nSPS) is 16.1. The molecule has 3 aromatic rings. The number of hydrogen-bond donors (Lipinski definition) is 1. The molecule has 0 aliphatic carbocycles. The molecule has 5 rings (SSSR count). The van der Waals surface area contributed by atoms with Gasteiger partial charge in [-0.2, -0.15) is 4.99 Å². The number of hydrogen-bond acceptors (Lipinski definition) is 5. The van der Waals surface area contributed by atoms with Crippen LogP contribution in [0.2, 0.25) is 5.02 Å². The van der Waals surface area contributed by atoms with Crippen molar-refractivity contribution in [2.75, 3.05) is 6.61 Å². The third-order valence-electron chi connectivity index (χ3n) is 5.55. The van der Waals surface area contributed by atoms with Gasteiger partial charge in [-0.05, 0) is 41.8 Å². The van der Waals surface area contributed by atoms with Gasteiger partial charge in [0.2, 0.25) is 0 Å². The Labute approximate surface area is 218 Å². The number of amidine groups is 2. The lowest BCUT2D eigenvalue weighted by Crippen LogP contribution is -2.38. The van der Waals surface area contributed by atoms with Gasteiger partial charge in [-0.15, -0.1) is 0 Å². The zero-order valence-corrected chi connectivity index (χ0v) is 21.0. The van der Waals surface area contributed by atoms with Crippen molar-refractivity contribution in [1.82, 2.24) is 4.90 Å². The average Bonchev–Trinajstić information content (AvgIpc) is 3.31. The van der Waals surface area contributed by atoms with E-state index in [9.17, 15) is 4.79 Å². The van der Waals surface area contributed by atoms with E-state index in [1.807, 2.05) is 73.0 Å². The SMILES string of the molecule is CCOc1cc(C=C2C(=N)N3C(c4ccccc4)=CSC3=NC2=O)cc(Cl)c1OCc1ccccc1. The van der Waals surface area contributed by atoms with Crippen LogP contribution in [0.5, 0.6) is 11.5 Å². The Morgan fingerprint density at radius 1 is 1.06 bits per heavy atom. The van der Waals surface area contributed by atoms with Gasteiger partial charge in [0.1, 0.15) is 12.4 Å². The second-order valence-corrected chi connectivity index (χ2v) is 9.21. The molecule has 8 heteroatoms. The zero-order valence-electron chi connectivity index (χ0n) is 19.4. The number of nitrogens with one attached hydrogen (secondary N) is 1. The van der Waals surface area contributed by atoms with Crippen LogP contribution in [-0.2, 0) is 11.4 Å². The van der Waals surface area contributed by atoms with Crippen molar-refractivity contribution in [1.29, 1.82) is 5.41 Å². The molecule has 0 bridgehead atoms. The van der Waals surface area contributed by atoms with Gasteiger partial charge in [-0.3, -0.25) is 15.1 Å². The highest BCUT2D eigenvalue weighted by Crippen LogP contribution is 2.40. The maximum Gasteiger partial charge on any atom is 0.283 e. The van der Waals surface area contributed by atoms with E-state index >= 15 is 0 Å². The van der Waals surface area contributed by atoms with Crippen LogP contribution in [-0.4, -0.2) is 28.4 Å². The highest BCUT2D eigenvalue weighted by atomic mass is 35.5. The van der Waals surface area contributed by atoms with Crippen molar-refractivity contribution in [3.63, 3.8) is 0 Å². The number of nitrogens with zero attached hydrogens (tertiary/aromatic N) is 2. The Kier molecular flexibility index (Phi) is 6.93. The quantitative estimate of drug-likeness (QED) is 0.358. The minimum Gasteiger partial charge on any atom is -0.490 e. The fraction of sp³-hybridized carbons (Fsp3) is 0.107. The third-order valence-corrected chi connectivity index (χ3v) is 6.66. The van der Waals surface area contributed by atoms with Crippen LogP contribution in [0.4, 0.5) is 0 Å². The van der Waals surface area contributed by atoms with Gasteiger partial charge in [0.25, 0.3) is 5.91 Å². The molecule has 2 aliphatic rings. The Morgan fingerprint density at radius 3 is 2.50 bits per heavy atom. The number of carbonyl (C=O) groups is 1. The van der Waals surface area contributed by atoms with Gasteiger partial charge >= 0.3 is 0 Å². The van der Waals surface area contributed by atoms with E-state index in [1.165, 1.54) is 11.8 Å². The second kappa shape index (κ2) is 10.4. The number of amides is 1. The Morgan fingerprint density at radius 2 is 1.78 bits per heavy atom. The lowest BCUT2D eigenvalue weighted by atomic mass is 10.1. The second-order valence-electron chi connectivity index (χ2n) is 7.97. The summed E-state index contributed by atoms with van der Waals surface area (Å²) in [5.41, 5.74) is 3.53. The number of halogens is 1. The summed E-state index contributed by atoms with van der Waals surface area (Å²) in [6, 6.07) is 23.0. The van der Waals surface area contributed by atoms with Crippen molar-refractivity contribution in [2.24, 2.45) is 4.99 Å². The summed E-state index contributed by atoms with van der Waals surface area (Å²) in [5, 5.41) is 11.6. The predicted molar refractivity (Wildman–Crippen MR) is 145 cm³/mol. The Balaban J connectivity index is 1.46. The standard InChI is InChI=1S/C28H22ClN3O3S/c1-2-34-24-15-19(14-22(29)25(24)35-16-18-9-5-3-6-10-18)13-21-26(30)32-23(20-11-7-4-8-12-20)17-36-28(32)31-27(21)33/h3-15,17,30H,2,16H2,1H3. The molecule has 0 unspecified atom stereocenters. The molecule has 2 heterocycles. The van der Waals surface area contributed by atoms with Crippen LogP contribution in [0, 0.1) is 5.41 Å². The molecule has 3 aromatic carbocycles. The first-order valence-electron chi connectivity index (χ1n) is 11.3. The first-order valence-corrected chi connectivity index (χ1v) is 12.6.